The molecule has 0 aromatic carbocycles. The molecule has 0 aliphatic carbocycles. The Morgan fingerprint density at radius 3 is 2.28 bits per heavy atom. The third-order valence-corrected chi connectivity index (χ3v) is 5.42. The highest BCUT2D eigenvalue weighted by Gasteiger charge is 2.31. The van der Waals surface area contributed by atoms with Crippen LogP contribution in [0.4, 0.5) is 4.79 Å². The number of likely N-dealkylation sites (N-methyl/N-ethyl adjacent to an activating group) is 2. The van der Waals surface area contributed by atoms with Gasteiger partial charge in [0.05, 0.1) is 5.54 Å². The fraction of sp³-hybridized carbons (Fsp3) is 0.900. The molecule has 0 radical (unpaired) electrons. The van der Waals surface area contributed by atoms with Crippen LogP contribution in [0.2, 0.25) is 0 Å². The number of guanidine groups is 1. The SMILES string of the molecule is CCC(CC)(CNC(=NC)NCC1CN(C)CCN1C)NC(=O)OC(C)(C)C.I. The largest absolute Gasteiger partial charge is 0.444 e. The van der Waals surface area contributed by atoms with Crippen molar-refractivity contribution >= 4 is 36.0 Å². The number of nitrogens with one attached hydrogen (secondary N) is 3. The van der Waals surface area contributed by atoms with Gasteiger partial charge >= 0.3 is 6.09 Å². The molecule has 9 heteroatoms. The second-order valence-electron chi connectivity index (χ2n) is 8.82. The van der Waals surface area contributed by atoms with Gasteiger partial charge in [-0.15, -0.1) is 24.0 Å². The van der Waals surface area contributed by atoms with E-state index in [2.05, 4.69) is 58.7 Å². The molecule has 1 heterocycles. The molecular formula is C20H43IN6O2. The van der Waals surface area contributed by atoms with Crippen molar-refractivity contribution in [3.05, 3.63) is 0 Å². The molecule has 1 fully saturated rings. The maximum atomic E-state index is 12.3. The van der Waals surface area contributed by atoms with Crippen molar-refractivity contribution in [1.82, 2.24) is 25.8 Å². The van der Waals surface area contributed by atoms with Crippen LogP contribution in [0.15, 0.2) is 4.99 Å². The Bertz CT molecular complexity index is 520. The van der Waals surface area contributed by atoms with Crippen molar-refractivity contribution < 1.29 is 9.53 Å². The molecule has 1 aliphatic heterocycles. The summed E-state index contributed by atoms with van der Waals surface area (Å²) in [6.45, 7) is 14.4. The molecule has 29 heavy (non-hydrogen) atoms. The van der Waals surface area contributed by atoms with Crippen LogP contribution in [0.1, 0.15) is 47.5 Å². The van der Waals surface area contributed by atoms with E-state index in [1.54, 1.807) is 7.05 Å². The number of amides is 1. The Morgan fingerprint density at radius 2 is 1.76 bits per heavy atom. The maximum Gasteiger partial charge on any atom is 0.408 e. The predicted octanol–water partition coefficient (Wildman–Crippen LogP) is 2.10. The molecular weight excluding hydrogens is 483 g/mol. The number of halogens is 1. The highest BCUT2D eigenvalue weighted by molar-refractivity contribution is 14.0. The summed E-state index contributed by atoms with van der Waals surface area (Å²) in [6, 6.07) is 0.444. The third-order valence-electron chi connectivity index (χ3n) is 5.42. The predicted molar refractivity (Wildman–Crippen MR) is 131 cm³/mol. The average molecular weight is 527 g/mol. The molecule has 172 valence electrons. The molecule has 1 unspecified atom stereocenters. The molecule has 0 aromatic heterocycles. The lowest BCUT2D eigenvalue weighted by molar-refractivity contribution is 0.0448. The first kappa shape index (κ1) is 28.2. The fourth-order valence-electron chi connectivity index (χ4n) is 3.25. The molecule has 1 atom stereocenters. The number of ether oxygens (including phenoxy) is 1. The summed E-state index contributed by atoms with van der Waals surface area (Å²) < 4.78 is 5.44. The van der Waals surface area contributed by atoms with E-state index in [4.69, 9.17) is 4.74 Å². The zero-order chi connectivity index (χ0) is 21.4. The Labute approximate surface area is 194 Å². The zero-order valence-corrected chi connectivity index (χ0v) is 21.9. The van der Waals surface area contributed by atoms with Crippen LogP contribution in [0, 0.1) is 0 Å². The van der Waals surface area contributed by atoms with Crippen LogP contribution < -0.4 is 16.0 Å². The first-order chi connectivity index (χ1) is 13.0. The smallest absolute Gasteiger partial charge is 0.408 e. The van der Waals surface area contributed by atoms with Crippen molar-refractivity contribution in [1.29, 1.82) is 0 Å². The summed E-state index contributed by atoms with van der Waals surface area (Å²) in [5.41, 5.74) is -0.899. The minimum Gasteiger partial charge on any atom is -0.444 e. The third kappa shape index (κ3) is 10.2. The van der Waals surface area contributed by atoms with Crippen LogP contribution in [0.3, 0.4) is 0 Å². The molecule has 0 saturated carbocycles. The van der Waals surface area contributed by atoms with E-state index in [-0.39, 0.29) is 35.6 Å². The van der Waals surface area contributed by atoms with Gasteiger partial charge in [0.15, 0.2) is 5.96 Å². The summed E-state index contributed by atoms with van der Waals surface area (Å²) in [5.74, 6) is 0.749. The van der Waals surface area contributed by atoms with Gasteiger partial charge in [-0.1, -0.05) is 13.8 Å². The Hall–Kier alpha value is -0.810. The van der Waals surface area contributed by atoms with Gasteiger partial charge in [0.1, 0.15) is 5.60 Å². The highest BCUT2D eigenvalue weighted by Crippen LogP contribution is 2.16. The number of rotatable bonds is 7. The molecule has 1 amide bonds. The van der Waals surface area contributed by atoms with E-state index in [1.807, 2.05) is 20.8 Å². The lowest BCUT2D eigenvalue weighted by atomic mass is 9.93. The van der Waals surface area contributed by atoms with Gasteiger partial charge in [-0.2, -0.15) is 0 Å². The summed E-state index contributed by atoms with van der Waals surface area (Å²) in [6.07, 6.45) is 1.21. The standard InChI is InChI=1S/C20H42N6O2.HI/c1-9-20(10-2,24-18(27)28-19(3,4)5)15-23-17(21-6)22-13-16-14-25(7)11-12-26(16)8;/h16H,9-15H2,1-8H3,(H,24,27)(H2,21,22,23);1H. The topological polar surface area (TPSA) is 81.2 Å². The summed E-state index contributed by atoms with van der Waals surface area (Å²) in [7, 11) is 6.10. The number of piperazine rings is 1. The second-order valence-corrected chi connectivity index (χ2v) is 8.82. The molecule has 3 N–H and O–H groups in total. The summed E-state index contributed by atoms with van der Waals surface area (Å²) >= 11 is 0. The van der Waals surface area contributed by atoms with E-state index < -0.39 is 5.60 Å². The molecule has 8 nitrogen and oxygen atoms in total. The van der Waals surface area contributed by atoms with E-state index >= 15 is 0 Å². The van der Waals surface area contributed by atoms with E-state index in [0.29, 0.717) is 12.6 Å². The van der Waals surface area contributed by atoms with Gasteiger partial charge in [-0.25, -0.2) is 4.79 Å². The average Bonchev–Trinajstić information content (AvgIpc) is 2.61. The second kappa shape index (κ2) is 12.8. The number of alkyl carbamates (subject to hydrolysis) is 1. The van der Waals surface area contributed by atoms with Crippen molar-refractivity contribution in [2.24, 2.45) is 4.99 Å². The maximum absolute atomic E-state index is 12.3. The molecule has 0 spiro atoms. The van der Waals surface area contributed by atoms with Gasteiger partial charge < -0.3 is 25.6 Å². The van der Waals surface area contributed by atoms with Gasteiger partial charge in [-0.3, -0.25) is 9.89 Å². The van der Waals surface area contributed by atoms with Gasteiger partial charge in [0.2, 0.25) is 0 Å². The van der Waals surface area contributed by atoms with E-state index in [0.717, 1.165) is 45.0 Å². The van der Waals surface area contributed by atoms with Gasteiger partial charge in [0.25, 0.3) is 0 Å². The van der Waals surface area contributed by atoms with Crippen LogP contribution in [-0.2, 0) is 4.74 Å². The Morgan fingerprint density at radius 1 is 1.14 bits per heavy atom. The zero-order valence-electron chi connectivity index (χ0n) is 19.6. The molecule has 1 saturated heterocycles. The monoisotopic (exact) mass is 526 g/mol. The van der Waals surface area contributed by atoms with Crippen molar-refractivity contribution in [2.45, 2.75) is 64.6 Å². The quantitative estimate of drug-likeness (QED) is 0.268. The number of carbonyl (C=O) groups is 1. The van der Waals surface area contributed by atoms with Crippen LogP contribution in [0.25, 0.3) is 0 Å². The molecule has 1 rings (SSSR count). The number of aliphatic imine (C=N–C) groups is 1. The normalized spacial score (nSPS) is 19.3. The lowest BCUT2D eigenvalue weighted by Crippen LogP contribution is -2.59. The van der Waals surface area contributed by atoms with Crippen LogP contribution >= 0.6 is 24.0 Å². The Kier molecular flexibility index (Phi) is 12.4. The lowest BCUT2D eigenvalue weighted by Gasteiger charge is -2.38. The number of hydrogen-bond donors (Lipinski definition) is 3. The minimum atomic E-state index is -0.512. The van der Waals surface area contributed by atoms with Gasteiger partial charge in [0, 0.05) is 45.8 Å². The van der Waals surface area contributed by atoms with Crippen LogP contribution in [-0.4, -0.2) is 92.9 Å². The highest BCUT2D eigenvalue weighted by atomic mass is 127. The van der Waals surface area contributed by atoms with Crippen LogP contribution in [0.5, 0.6) is 0 Å². The van der Waals surface area contributed by atoms with E-state index in [9.17, 15) is 4.79 Å². The fourth-order valence-corrected chi connectivity index (χ4v) is 3.25. The van der Waals surface area contributed by atoms with E-state index in [1.165, 1.54) is 0 Å². The first-order valence-corrected chi connectivity index (χ1v) is 10.4. The summed E-state index contributed by atoms with van der Waals surface area (Å²) in [4.78, 5) is 21.4. The van der Waals surface area contributed by atoms with Gasteiger partial charge in [-0.05, 0) is 47.7 Å². The van der Waals surface area contributed by atoms with Crippen molar-refractivity contribution in [3.63, 3.8) is 0 Å². The minimum absolute atomic E-state index is 0. The number of hydrogen-bond acceptors (Lipinski definition) is 5. The summed E-state index contributed by atoms with van der Waals surface area (Å²) in [5, 5.41) is 9.87. The Balaban J connectivity index is 0.00000784. The molecule has 0 bridgehead atoms. The van der Waals surface area contributed by atoms with Crippen molar-refractivity contribution in [3.8, 4) is 0 Å². The molecule has 1 aliphatic rings. The first-order valence-electron chi connectivity index (χ1n) is 10.4. The molecule has 0 aromatic rings. The number of nitrogens with zero attached hydrogens (tertiary/aromatic N) is 3. The van der Waals surface area contributed by atoms with Crippen molar-refractivity contribution in [2.75, 3.05) is 53.9 Å². The number of carbonyl (C=O) groups excluding carboxylic acids is 1.